The van der Waals surface area contributed by atoms with Crippen molar-refractivity contribution in [2.45, 2.75) is 33.6 Å². The highest BCUT2D eigenvalue weighted by molar-refractivity contribution is 5.85. The van der Waals surface area contributed by atoms with Crippen molar-refractivity contribution in [3.63, 3.8) is 0 Å². The van der Waals surface area contributed by atoms with Gasteiger partial charge in [-0.1, -0.05) is 39.3 Å². The molecule has 1 N–H and O–H groups in total. The number of aliphatic carboxylic acids is 1. The van der Waals surface area contributed by atoms with Crippen molar-refractivity contribution in [2.24, 2.45) is 17.3 Å². The lowest BCUT2D eigenvalue weighted by Crippen LogP contribution is -2.02. The number of hydrogen-bond donors (Lipinski definition) is 1. The van der Waals surface area contributed by atoms with Crippen molar-refractivity contribution >= 4 is 18.4 Å². The summed E-state index contributed by atoms with van der Waals surface area (Å²) in [6.07, 6.45) is 6.36. The van der Waals surface area contributed by atoms with Crippen molar-refractivity contribution in [3.05, 3.63) is 12.2 Å². The molecule has 0 bridgehead atoms. The van der Waals surface area contributed by atoms with E-state index in [0.717, 1.165) is 12.8 Å². The highest BCUT2D eigenvalue weighted by atomic mass is 35.5. The first-order valence-corrected chi connectivity index (χ1v) is 4.91. The van der Waals surface area contributed by atoms with Gasteiger partial charge in [0.1, 0.15) is 0 Å². The van der Waals surface area contributed by atoms with Gasteiger partial charge in [-0.15, -0.1) is 12.4 Å². The Morgan fingerprint density at radius 2 is 2.07 bits per heavy atom. The second kappa shape index (κ2) is 4.83. The summed E-state index contributed by atoms with van der Waals surface area (Å²) in [4.78, 5) is 10.8. The second-order valence-electron chi connectivity index (χ2n) is 4.38. The van der Waals surface area contributed by atoms with E-state index in [1.165, 1.54) is 0 Å². The number of allylic oxidation sites excluding steroid dienone is 2. The number of carbonyl (C=O) groups is 1. The van der Waals surface area contributed by atoms with Crippen LogP contribution in [0, 0.1) is 17.3 Å². The molecule has 0 amide bonds. The smallest absolute Gasteiger partial charge is 0.307 e. The van der Waals surface area contributed by atoms with Crippen molar-refractivity contribution in [1.29, 1.82) is 0 Å². The van der Waals surface area contributed by atoms with E-state index in [1.54, 1.807) is 0 Å². The molecule has 82 valence electrons. The van der Waals surface area contributed by atoms with E-state index in [1.807, 2.05) is 13.8 Å². The molecule has 0 saturated heterocycles. The van der Waals surface area contributed by atoms with E-state index in [0.29, 0.717) is 0 Å². The van der Waals surface area contributed by atoms with Gasteiger partial charge >= 0.3 is 5.97 Å². The zero-order valence-electron chi connectivity index (χ0n) is 8.99. The first-order chi connectivity index (χ1) is 6.01. The summed E-state index contributed by atoms with van der Waals surface area (Å²) < 4.78 is 0. The molecule has 1 rings (SSSR count). The van der Waals surface area contributed by atoms with E-state index in [2.05, 4.69) is 19.1 Å². The number of carboxylic acid groups (broad SMARTS) is 1. The average Bonchev–Trinajstić information content (AvgIpc) is 2.54. The number of halogens is 1. The van der Waals surface area contributed by atoms with Gasteiger partial charge in [-0.3, -0.25) is 4.79 Å². The van der Waals surface area contributed by atoms with Gasteiger partial charge in [0.25, 0.3) is 0 Å². The van der Waals surface area contributed by atoms with Crippen molar-refractivity contribution in [2.75, 3.05) is 0 Å². The molecule has 0 aromatic rings. The summed E-state index contributed by atoms with van der Waals surface area (Å²) in [7, 11) is 0. The Hall–Kier alpha value is -0.500. The van der Waals surface area contributed by atoms with E-state index in [4.69, 9.17) is 5.11 Å². The van der Waals surface area contributed by atoms with Gasteiger partial charge < -0.3 is 5.11 Å². The summed E-state index contributed by atoms with van der Waals surface area (Å²) in [5, 5.41) is 8.88. The minimum Gasteiger partial charge on any atom is -0.481 e. The lowest BCUT2D eigenvalue weighted by atomic mass is 10.1. The molecule has 0 heterocycles. The SMILES string of the molecule is CCCC=CC1C(C(=O)O)C1(C)C.Cl. The third-order valence-electron chi connectivity index (χ3n) is 2.98. The van der Waals surface area contributed by atoms with E-state index >= 15 is 0 Å². The Morgan fingerprint density at radius 3 is 2.43 bits per heavy atom. The topological polar surface area (TPSA) is 37.3 Å². The molecule has 0 spiro atoms. The molecule has 1 fully saturated rings. The summed E-state index contributed by atoms with van der Waals surface area (Å²) in [6.45, 7) is 6.16. The fraction of sp³-hybridized carbons (Fsp3) is 0.727. The molecule has 2 atom stereocenters. The molecule has 1 aliphatic carbocycles. The molecule has 0 aliphatic heterocycles. The Labute approximate surface area is 91.8 Å². The predicted molar refractivity (Wildman–Crippen MR) is 59.7 cm³/mol. The van der Waals surface area contributed by atoms with Gasteiger partial charge in [0, 0.05) is 0 Å². The molecule has 1 saturated carbocycles. The zero-order valence-corrected chi connectivity index (χ0v) is 9.80. The first kappa shape index (κ1) is 13.5. The number of unbranched alkanes of at least 4 members (excludes halogenated alkanes) is 1. The third-order valence-corrected chi connectivity index (χ3v) is 2.98. The molecule has 2 unspecified atom stereocenters. The fourth-order valence-electron chi connectivity index (χ4n) is 1.92. The summed E-state index contributed by atoms with van der Waals surface area (Å²) >= 11 is 0. The monoisotopic (exact) mass is 218 g/mol. The Balaban J connectivity index is 0.00000169. The third kappa shape index (κ3) is 2.50. The molecular formula is C11H19ClO2. The Morgan fingerprint density at radius 1 is 1.50 bits per heavy atom. The Kier molecular flexibility index (Phi) is 4.66. The van der Waals surface area contributed by atoms with Gasteiger partial charge in [-0.2, -0.15) is 0 Å². The van der Waals surface area contributed by atoms with Crippen LogP contribution in [0.3, 0.4) is 0 Å². The van der Waals surface area contributed by atoms with Crippen LogP contribution in [0.15, 0.2) is 12.2 Å². The lowest BCUT2D eigenvalue weighted by Gasteiger charge is -1.96. The molecule has 2 nitrogen and oxygen atoms in total. The van der Waals surface area contributed by atoms with E-state index in [-0.39, 0.29) is 29.7 Å². The van der Waals surface area contributed by atoms with Crippen LogP contribution < -0.4 is 0 Å². The van der Waals surface area contributed by atoms with Gasteiger partial charge in [0.2, 0.25) is 0 Å². The maximum absolute atomic E-state index is 10.8. The first-order valence-electron chi connectivity index (χ1n) is 4.91. The Bertz CT molecular complexity index is 233. The van der Waals surface area contributed by atoms with Crippen LogP contribution >= 0.6 is 12.4 Å². The molecule has 0 aromatic carbocycles. The predicted octanol–water partition coefficient (Wildman–Crippen LogP) is 3.12. The zero-order chi connectivity index (χ0) is 10.1. The summed E-state index contributed by atoms with van der Waals surface area (Å²) in [5.74, 6) is -0.576. The maximum Gasteiger partial charge on any atom is 0.307 e. The van der Waals surface area contributed by atoms with Gasteiger partial charge in [0.05, 0.1) is 5.92 Å². The average molecular weight is 219 g/mol. The number of carboxylic acids is 1. The number of hydrogen-bond acceptors (Lipinski definition) is 1. The van der Waals surface area contributed by atoms with Crippen molar-refractivity contribution < 1.29 is 9.90 Å². The fourth-order valence-corrected chi connectivity index (χ4v) is 1.92. The van der Waals surface area contributed by atoms with E-state index < -0.39 is 5.97 Å². The van der Waals surface area contributed by atoms with Gasteiger partial charge in [0.15, 0.2) is 0 Å². The van der Waals surface area contributed by atoms with Crippen molar-refractivity contribution in [1.82, 2.24) is 0 Å². The highest BCUT2D eigenvalue weighted by Gasteiger charge is 2.60. The van der Waals surface area contributed by atoms with Crippen LogP contribution in [0.5, 0.6) is 0 Å². The van der Waals surface area contributed by atoms with Crippen LogP contribution in [0.1, 0.15) is 33.6 Å². The van der Waals surface area contributed by atoms with Gasteiger partial charge in [-0.05, 0) is 17.8 Å². The molecule has 0 radical (unpaired) electrons. The maximum atomic E-state index is 10.8. The number of rotatable bonds is 4. The van der Waals surface area contributed by atoms with Gasteiger partial charge in [-0.25, -0.2) is 0 Å². The molecule has 14 heavy (non-hydrogen) atoms. The summed E-state index contributed by atoms with van der Waals surface area (Å²) in [6, 6.07) is 0. The molecule has 3 heteroatoms. The van der Waals surface area contributed by atoms with E-state index in [9.17, 15) is 4.79 Å². The molecule has 0 aromatic heterocycles. The quantitative estimate of drug-likeness (QED) is 0.737. The molecule has 1 aliphatic rings. The lowest BCUT2D eigenvalue weighted by molar-refractivity contribution is -0.139. The largest absolute Gasteiger partial charge is 0.481 e. The minimum absolute atomic E-state index is 0. The van der Waals surface area contributed by atoms with Crippen molar-refractivity contribution in [3.8, 4) is 0 Å². The highest BCUT2D eigenvalue weighted by Crippen LogP contribution is 2.59. The normalized spacial score (nSPS) is 28.5. The minimum atomic E-state index is -0.656. The van der Waals surface area contributed by atoms with Crippen LogP contribution in [0.2, 0.25) is 0 Å². The van der Waals surface area contributed by atoms with Crippen LogP contribution in [0.4, 0.5) is 0 Å². The van der Waals surface area contributed by atoms with Crippen LogP contribution in [-0.4, -0.2) is 11.1 Å². The van der Waals surface area contributed by atoms with Crippen LogP contribution in [-0.2, 0) is 4.79 Å². The summed E-state index contributed by atoms with van der Waals surface area (Å²) in [5.41, 5.74) is -0.0317. The standard InChI is InChI=1S/C11H18O2.ClH/c1-4-5-6-7-8-9(10(12)13)11(8,2)3;/h6-9H,4-5H2,1-3H3,(H,12,13);1H. The van der Waals surface area contributed by atoms with Crippen LogP contribution in [0.25, 0.3) is 0 Å². The second-order valence-corrected chi connectivity index (χ2v) is 4.38. The molecular weight excluding hydrogens is 200 g/mol.